The normalized spacial score (nSPS) is 15.9. The van der Waals surface area contributed by atoms with Crippen LogP contribution in [0.1, 0.15) is 71.1 Å². The summed E-state index contributed by atoms with van der Waals surface area (Å²) in [4.78, 5) is 12.8. The summed E-state index contributed by atoms with van der Waals surface area (Å²) in [6, 6.07) is 17.3. The zero-order valence-electron chi connectivity index (χ0n) is 21.3. The molecule has 3 rings (SSSR count). The minimum Gasteiger partial charge on any atom is -0.494 e. The van der Waals surface area contributed by atoms with Gasteiger partial charge >= 0.3 is 8.17 Å². The molecule has 1 aliphatic rings. The summed E-state index contributed by atoms with van der Waals surface area (Å²) in [5, 5.41) is 0. The molecule has 0 saturated carbocycles. The van der Waals surface area contributed by atoms with Crippen LogP contribution in [0.25, 0.3) is 0 Å². The zero-order valence-corrected chi connectivity index (χ0v) is 22.2. The second-order valence-corrected chi connectivity index (χ2v) is 10.7. The summed E-state index contributed by atoms with van der Waals surface area (Å²) >= 11 is 0. The van der Waals surface area contributed by atoms with E-state index in [0.29, 0.717) is 32.1 Å². The van der Waals surface area contributed by atoms with Crippen LogP contribution in [0.4, 0.5) is 5.69 Å². The first-order valence-electron chi connectivity index (χ1n) is 13.3. The van der Waals surface area contributed by atoms with Crippen LogP contribution in [0.2, 0.25) is 0 Å². The van der Waals surface area contributed by atoms with Crippen LogP contribution in [0.5, 0.6) is 11.5 Å². The maximum absolute atomic E-state index is 10.6. The van der Waals surface area contributed by atoms with Crippen LogP contribution in [-0.4, -0.2) is 37.8 Å². The average Bonchev–Trinajstić information content (AvgIpc) is 2.86. The number of ether oxygens (including phenoxy) is 1. The Morgan fingerprint density at radius 3 is 1.91 bits per heavy atom. The molecule has 0 atom stereocenters. The maximum atomic E-state index is 10.6. The van der Waals surface area contributed by atoms with Crippen LogP contribution in [0, 0.1) is 0 Å². The van der Waals surface area contributed by atoms with Gasteiger partial charge in [0.1, 0.15) is 19.0 Å². The van der Waals surface area contributed by atoms with E-state index in [4.69, 9.17) is 18.3 Å². The van der Waals surface area contributed by atoms with Crippen molar-refractivity contribution < 1.29 is 23.2 Å². The van der Waals surface area contributed by atoms with Gasteiger partial charge in [-0.15, -0.1) is 9.05 Å². The van der Waals surface area contributed by atoms with Crippen LogP contribution >= 0.6 is 8.17 Å². The summed E-state index contributed by atoms with van der Waals surface area (Å²) in [6.45, 7) is 4.95. The average molecular weight is 505 g/mol. The molecule has 7 heteroatoms. The van der Waals surface area contributed by atoms with E-state index in [-0.39, 0.29) is 0 Å². The van der Waals surface area contributed by atoms with Gasteiger partial charge < -0.3 is 9.64 Å². The van der Waals surface area contributed by atoms with Crippen molar-refractivity contribution in [3.8, 4) is 11.5 Å². The molecule has 2 aromatic carbocycles. The molecule has 1 N–H and O–H groups in total. The number of hydrogen-bond acceptors (Lipinski definition) is 6. The second-order valence-electron chi connectivity index (χ2n) is 9.05. The Balaban J connectivity index is 1.30. The predicted octanol–water partition coefficient (Wildman–Crippen LogP) is 7.59. The van der Waals surface area contributed by atoms with Gasteiger partial charge in [0.15, 0.2) is 5.75 Å². The maximum Gasteiger partial charge on any atom is 0.619 e. The fraction of sp³-hybridized carbons (Fsp3) is 0.571. The van der Waals surface area contributed by atoms with Gasteiger partial charge in [-0.2, -0.15) is 4.89 Å². The Morgan fingerprint density at radius 1 is 0.743 bits per heavy atom. The molecule has 1 saturated heterocycles. The van der Waals surface area contributed by atoms with Gasteiger partial charge in [-0.1, -0.05) is 82.9 Å². The molecule has 0 spiro atoms. The first kappa shape index (κ1) is 27.7. The van der Waals surface area contributed by atoms with Crippen LogP contribution in [-0.2, 0) is 9.05 Å². The van der Waals surface area contributed by atoms with Crippen molar-refractivity contribution in [2.24, 2.45) is 0 Å². The molecule has 0 aromatic heterocycles. The highest BCUT2D eigenvalue weighted by atomic mass is 31.2. The first-order chi connectivity index (χ1) is 17.2. The van der Waals surface area contributed by atoms with Gasteiger partial charge in [0.05, 0.1) is 6.61 Å². The molecule has 1 heterocycles. The predicted molar refractivity (Wildman–Crippen MR) is 144 cm³/mol. The van der Waals surface area contributed by atoms with E-state index in [9.17, 15) is 4.89 Å². The largest absolute Gasteiger partial charge is 0.619 e. The minimum absolute atomic E-state index is 0.314. The van der Waals surface area contributed by atoms with E-state index in [1.807, 2.05) is 30.3 Å². The molecule has 1 aliphatic heterocycles. The molecule has 6 nitrogen and oxygen atoms in total. The standard InChI is InChI=1S/C28H43NO5P/c1-2-3-4-5-6-7-8-9-10-14-23-31-27-19-17-26(18-20-27)29-21-24-32-35(30,33-25-22-29)34-28-15-12-11-13-16-28/h11-13,15-20,30H,2-10,14,21-25H2,1H3/q+1. The molecular formula is C28H43NO5P+. The Bertz CT molecular complexity index is 795. The lowest BCUT2D eigenvalue weighted by molar-refractivity contribution is 0.117. The first-order valence-corrected chi connectivity index (χ1v) is 14.8. The summed E-state index contributed by atoms with van der Waals surface area (Å²) in [6.07, 6.45) is 13.3. The van der Waals surface area contributed by atoms with E-state index in [2.05, 4.69) is 24.0 Å². The van der Waals surface area contributed by atoms with Crippen LogP contribution < -0.4 is 14.2 Å². The third-order valence-corrected chi connectivity index (χ3v) is 7.62. The third-order valence-electron chi connectivity index (χ3n) is 6.16. The van der Waals surface area contributed by atoms with Gasteiger partial charge in [0.2, 0.25) is 0 Å². The van der Waals surface area contributed by atoms with E-state index in [0.717, 1.165) is 24.5 Å². The van der Waals surface area contributed by atoms with Crippen molar-refractivity contribution in [1.29, 1.82) is 0 Å². The van der Waals surface area contributed by atoms with E-state index < -0.39 is 8.17 Å². The number of para-hydroxylation sites is 1. The van der Waals surface area contributed by atoms with Gasteiger partial charge in [-0.3, -0.25) is 4.52 Å². The molecule has 0 unspecified atom stereocenters. The summed E-state index contributed by atoms with van der Waals surface area (Å²) in [5.41, 5.74) is 1.08. The number of unbranched alkanes of at least 4 members (excludes halogenated alkanes) is 9. The number of hydrogen-bond donors (Lipinski definition) is 1. The quantitative estimate of drug-likeness (QED) is 0.199. The molecule has 0 amide bonds. The van der Waals surface area contributed by atoms with Crippen molar-refractivity contribution in [2.75, 3.05) is 37.8 Å². The lowest BCUT2D eigenvalue weighted by atomic mass is 10.1. The molecule has 2 aromatic rings. The topological polar surface area (TPSA) is 60.4 Å². The van der Waals surface area contributed by atoms with Gasteiger partial charge in [0.25, 0.3) is 0 Å². The Labute approximate surface area is 212 Å². The molecule has 1 fully saturated rings. The fourth-order valence-electron chi connectivity index (χ4n) is 4.14. The van der Waals surface area contributed by atoms with Crippen LogP contribution in [0.15, 0.2) is 54.6 Å². The second kappa shape index (κ2) is 16.0. The van der Waals surface area contributed by atoms with E-state index in [1.165, 1.54) is 57.8 Å². The molecule has 194 valence electrons. The monoisotopic (exact) mass is 504 g/mol. The van der Waals surface area contributed by atoms with Gasteiger partial charge in [0, 0.05) is 18.8 Å². The fourth-order valence-corrected chi connectivity index (χ4v) is 5.33. The Morgan fingerprint density at radius 2 is 1.31 bits per heavy atom. The number of nitrogens with zero attached hydrogens (tertiary/aromatic N) is 1. The Hall–Kier alpha value is -1.85. The van der Waals surface area contributed by atoms with Gasteiger partial charge in [-0.05, 0) is 42.8 Å². The number of rotatable bonds is 15. The SMILES string of the molecule is CCCCCCCCCCCCOc1ccc(N2CCO[P+](O)(Oc3ccccc3)OCC2)cc1. The summed E-state index contributed by atoms with van der Waals surface area (Å²) < 4.78 is 22.8. The van der Waals surface area contributed by atoms with Gasteiger partial charge in [-0.25, -0.2) is 0 Å². The van der Waals surface area contributed by atoms with Crippen molar-refractivity contribution >= 4 is 13.9 Å². The lowest BCUT2D eigenvalue weighted by Gasteiger charge is -2.27. The summed E-state index contributed by atoms with van der Waals surface area (Å²) in [7, 11) is -3.36. The number of benzene rings is 2. The smallest absolute Gasteiger partial charge is 0.494 e. The third kappa shape index (κ3) is 10.7. The molecule has 35 heavy (non-hydrogen) atoms. The van der Waals surface area contributed by atoms with E-state index >= 15 is 0 Å². The van der Waals surface area contributed by atoms with E-state index in [1.54, 1.807) is 12.1 Å². The number of anilines is 1. The molecule has 0 radical (unpaired) electrons. The minimum atomic E-state index is -3.36. The summed E-state index contributed by atoms with van der Waals surface area (Å²) in [5.74, 6) is 1.44. The highest BCUT2D eigenvalue weighted by molar-refractivity contribution is 7.55. The molecular weight excluding hydrogens is 461 g/mol. The van der Waals surface area contributed by atoms with Crippen molar-refractivity contribution in [1.82, 2.24) is 0 Å². The zero-order chi connectivity index (χ0) is 24.6. The van der Waals surface area contributed by atoms with Crippen molar-refractivity contribution in [3.05, 3.63) is 54.6 Å². The Kier molecular flexibility index (Phi) is 12.7. The molecule has 0 aliphatic carbocycles. The van der Waals surface area contributed by atoms with Crippen molar-refractivity contribution in [2.45, 2.75) is 71.1 Å². The highest BCUT2D eigenvalue weighted by Gasteiger charge is 2.47. The highest BCUT2D eigenvalue weighted by Crippen LogP contribution is 2.57. The lowest BCUT2D eigenvalue weighted by Crippen LogP contribution is -2.34. The molecule has 0 bridgehead atoms. The van der Waals surface area contributed by atoms with Crippen molar-refractivity contribution in [3.63, 3.8) is 0 Å². The van der Waals surface area contributed by atoms with Crippen LogP contribution in [0.3, 0.4) is 0 Å².